The number of ether oxygens (including phenoxy) is 1. The molecule has 6 saturated carbocycles. The average molecular weight is 458 g/mol. The Morgan fingerprint density at radius 1 is 1.06 bits per heavy atom. The van der Waals surface area contributed by atoms with Crippen LogP contribution < -0.4 is 11.1 Å². The van der Waals surface area contributed by atoms with E-state index in [1.54, 1.807) is 25.7 Å². The number of hydrogen-bond donors (Lipinski definition) is 3. The largest absolute Gasteiger partial charge is 0.444 e. The molecule has 1 spiro atoms. The zero-order chi connectivity index (χ0) is 23.4. The van der Waals surface area contributed by atoms with Crippen LogP contribution in [0.5, 0.6) is 0 Å². The third kappa shape index (κ3) is 2.34. The van der Waals surface area contributed by atoms with Gasteiger partial charge in [0.25, 0.3) is 0 Å². The minimum atomic E-state index is -0.811. The lowest BCUT2D eigenvalue weighted by Gasteiger charge is -2.50. The third-order valence-electron chi connectivity index (χ3n) is 10.9. The van der Waals surface area contributed by atoms with Crippen LogP contribution in [0.3, 0.4) is 0 Å². The smallest absolute Gasteiger partial charge is 0.408 e. The van der Waals surface area contributed by atoms with Gasteiger partial charge in [-0.15, -0.1) is 0 Å². The highest BCUT2D eigenvalue weighted by Crippen LogP contribution is 2.88. The Morgan fingerprint density at radius 2 is 1.76 bits per heavy atom. The number of hydrogen-bond acceptors (Lipinski definition) is 5. The fraction of sp³-hybridized carbons (Fsp3) is 0.880. The number of primary amides is 1. The van der Waals surface area contributed by atoms with Gasteiger partial charge >= 0.3 is 6.09 Å². The summed E-state index contributed by atoms with van der Waals surface area (Å²) in [7, 11) is 0. The maximum Gasteiger partial charge on any atom is 0.408 e. The summed E-state index contributed by atoms with van der Waals surface area (Å²) >= 11 is 0. The van der Waals surface area contributed by atoms with Crippen LogP contribution in [0.1, 0.15) is 78.6 Å². The van der Waals surface area contributed by atoms with Crippen LogP contribution >= 0.6 is 0 Å². The number of aliphatic hydroxyl groups is 1. The molecular weight excluding hydrogens is 422 g/mol. The topological polar surface area (TPSA) is 122 Å². The molecule has 1 aliphatic heterocycles. The lowest BCUT2D eigenvalue weighted by Crippen LogP contribution is -2.63. The van der Waals surface area contributed by atoms with Gasteiger partial charge < -0.3 is 25.8 Å². The van der Waals surface area contributed by atoms with Crippen molar-refractivity contribution in [3.63, 3.8) is 0 Å². The number of nitrogens with zero attached hydrogens (tertiary/aromatic N) is 1. The number of fused-ring (bicyclic) bond motifs is 2. The molecule has 3 bridgehead atoms. The fourth-order valence-electron chi connectivity index (χ4n) is 9.94. The summed E-state index contributed by atoms with van der Waals surface area (Å²) in [4.78, 5) is 41.4. The number of piperidine rings is 2. The van der Waals surface area contributed by atoms with E-state index in [9.17, 15) is 19.5 Å². The predicted molar refractivity (Wildman–Crippen MR) is 116 cm³/mol. The van der Waals surface area contributed by atoms with Gasteiger partial charge in [0.15, 0.2) is 0 Å². The Balaban J connectivity index is 1.26. The predicted octanol–water partition coefficient (Wildman–Crippen LogP) is 1.83. The first-order chi connectivity index (χ1) is 15.3. The van der Waals surface area contributed by atoms with Gasteiger partial charge in [0.2, 0.25) is 11.8 Å². The first kappa shape index (κ1) is 20.5. The molecule has 1 saturated heterocycles. The van der Waals surface area contributed by atoms with Gasteiger partial charge in [-0.25, -0.2) is 4.79 Å². The van der Waals surface area contributed by atoms with Gasteiger partial charge in [0.05, 0.1) is 11.1 Å². The molecule has 8 heteroatoms. The van der Waals surface area contributed by atoms with Crippen LogP contribution in [0.4, 0.5) is 4.79 Å². The van der Waals surface area contributed by atoms with Crippen molar-refractivity contribution in [2.75, 3.05) is 0 Å². The van der Waals surface area contributed by atoms with Crippen molar-refractivity contribution in [1.29, 1.82) is 0 Å². The number of likely N-dealkylation sites (tertiary alicyclic amines) is 1. The van der Waals surface area contributed by atoms with Crippen molar-refractivity contribution >= 4 is 17.9 Å². The normalized spacial score (nSPS) is 52.4. The highest BCUT2D eigenvalue weighted by molar-refractivity contribution is 5.95. The lowest BCUT2D eigenvalue weighted by molar-refractivity contribution is -0.148. The first-order valence-corrected chi connectivity index (χ1v) is 12.6. The molecule has 0 aromatic heterocycles. The monoisotopic (exact) mass is 457 g/mol. The minimum absolute atomic E-state index is 0.0682. The van der Waals surface area contributed by atoms with Crippen LogP contribution in [-0.2, 0) is 14.3 Å². The van der Waals surface area contributed by atoms with Gasteiger partial charge in [-0.3, -0.25) is 9.59 Å². The molecule has 180 valence electrons. The molecule has 7 rings (SSSR count). The molecular formula is C25H35N3O5. The molecule has 0 aromatic carbocycles. The molecule has 6 aliphatic carbocycles. The molecule has 5 unspecified atom stereocenters. The Labute approximate surface area is 193 Å². The summed E-state index contributed by atoms with van der Waals surface area (Å²) in [6, 6.07) is -1.42. The highest BCUT2D eigenvalue weighted by Gasteiger charge is 2.91. The number of carbonyl (C=O) groups is 3. The number of carbonyl (C=O) groups excluding carboxylic acids is 3. The van der Waals surface area contributed by atoms with Crippen molar-refractivity contribution in [2.45, 2.75) is 107 Å². The van der Waals surface area contributed by atoms with E-state index in [0.29, 0.717) is 24.7 Å². The zero-order valence-corrected chi connectivity index (χ0v) is 19.8. The van der Waals surface area contributed by atoms with Gasteiger partial charge in [-0.05, 0) is 95.8 Å². The molecule has 3 amide bonds. The Hall–Kier alpha value is -1.83. The number of amides is 3. The van der Waals surface area contributed by atoms with Crippen molar-refractivity contribution in [3.05, 3.63) is 0 Å². The first-order valence-electron chi connectivity index (χ1n) is 12.6. The highest BCUT2D eigenvalue weighted by atomic mass is 16.6. The maximum atomic E-state index is 14.3. The second kappa shape index (κ2) is 5.37. The molecule has 0 radical (unpaired) electrons. The van der Waals surface area contributed by atoms with E-state index in [-0.39, 0.29) is 22.3 Å². The van der Waals surface area contributed by atoms with Crippen LogP contribution in [-0.4, -0.2) is 56.7 Å². The van der Waals surface area contributed by atoms with Gasteiger partial charge in [-0.2, -0.15) is 0 Å². The van der Waals surface area contributed by atoms with Crippen molar-refractivity contribution in [3.8, 4) is 0 Å². The molecule has 8 nitrogen and oxygen atoms in total. The molecule has 7 aliphatic rings. The summed E-state index contributed by atoms with van der Waals surface area (Å²) in [6.07, 6.45) is 6.84. The van der Waals surface area contributed by atoms with Gasteiger partial charge in [-0.1, -0.05) is 0 Å². The van der Waals surface area contributed by atoms with Crippen LogP contribution in [0.15, 0.2) is 0 Å². The van der Waals surface area contributed by atoms with E-state index < -0.39 is 40.7 Å². The molecule has 7 atom stereocenters. The molecule has 33 heavy (non-hydrogen) atoms. The summed E-state index contributed by atoms with van der Waals surface area (Å²) < 4.78 is 5.58. The Kier molecular flexibility index (Phi) is 3.34. The quantitative estimate of drug-likeness (QED) is 0.595. The second-order valence-electron chi connectivity index (χ2n) is 14.0. The van der Waals surface area contributed by atoms with Crippen molar-refractivity contribution < 1.29 is 24.2 Å². The van der Waals surface area contributed by atoms with Gasteiger partial charge in [0.1, 0.15) is 17.7 Å². The number of alkyl carbamates (subject to hydrolysis) is 1. The number of nitrogens with two attached hydrogens (primary N) is 1. The average Bonchev–Trinajstić information content (AvgIpc) is 3.37. The number of rotatable bonds is 4. The summed E-state index contributed by atoms with van der Waals surface area (Å²) in [5.74, 6) is 0.368. The maximum absolute atomic E-state index is 14.3. The van der Waals surface area contributed by atoms with E-state index in [1.807, 2.05) is 0 Å². The molecule has 0 aromatic rings. The van der Waals surface area contributed by atoms with Crippen LogP contribution in [0, 0.1) is 28.1 Å². The summed E-state index contributed by atoms with van der Waals surface area (Å²) in [6.45, 7) is 5.40. The van der Waals surface area contributed by atoms with E-state index >= 15 is 0 Å². The lowest BCUT2D eigenvalue weighted by atomic mass is 9.55. The molecule has 4 N–H and O–H groups in total. The van der Waals surface area contributed by atoms with Crippen LogP contribution in [0.2, 0.25) is 0 Å². The molecule has 1 heterocycles. The van der Waals surface area contributed by atoms with E-state index in [2.05, 4.69) is 5.32 Å². The second-order valence-corrected chi connectivity index (χ2v) is 14.0. The van der Waals surface area contributed by atoms with E-state index in [1.165, 1.54) is 0 Å². The summed E-state index contributed by atoms with van der Waals surface area (Å²) in [5.41, 5.74) is 3.71. The van der Waals surface area contributed by atoms with Crippen LogP contribution in [0.25, 0.3) is 0 Å². The Morgan fingerprint density at radius 3 is 2.42 bits per heavy atom. The fourth-order valence-corrected chi connectivity index (χ4v) is 9.94. The van der Waals surface area contributed by atoms with E-state index in [4.69, 9.17) is 10.5 Å². The zero-order valence-electron chi connectivity index (χ0n) is 19.8. The minimum Gasteiger partial charge on any atom is -0.444 e. The summed E-state index contributed by atoms with van der Waals surface area (Å²) in [5, 5.41) is 14.5. The molecule has 7 fully saturated rings. The number of nitrogens with one attached hydrogen (secondary N) is 1. The third-order valence-corrected chi connectivity index (χ3v) is 10.9. The standard InChI is InChI=1S/C25H35N3O5/c1-20(2,3)33-19(31)27-16(18(30)28-15(17(26)29)7-22-10-25(22,28)11-22)21-5-13-4-14-6-23(32,8-21)12-24(13,14)9-21/h13-16,32H,4-12H2,1-3H3,(H2,26,29)(H,27,31)/t13?,14?,15-,16-,21?,22?,23?,24?,25?/m1/s1. The van der Waals surface area contributed by atoms with Gasteiger partial charge in [0, 0.05) is 10.8 Å². The van der Waals surface area contributed by atoms with E-state index in [0.717, 1.165) is 44.9 Å². The Bertz CT molecular complexity index is 1010. The van der Waals surface area contributed by atoms with Crippen molar-refractivity contribution in [1.82, 2.24) is 10.2 Å². The van der Waals surface area contributed by atoms with Crippen molar-refractivity contribution in [2.24, 2.45) is 33.8 Å². The SMILES string of the molecule is CC(C)(C)OC(=O)N[C@H](C(=O)N1[C@@H](C(N)=O)CC23CC12C3)C12CC3CC4CC(O)(CC43C1)C2.